The van der Waals surface area contributed by atoms with Crippen molar-refractivity contribution in [2.75, 3.05) is 13.1 Å². The Labute approximate surface area is 167 Å². The lowest BCUT2D eigenvalue weighted by atomic mass is 10.0. The first kappa shape index (κ1) is 19.3. The zero-order valence-electron chi connectivity index (χ0n) is 16.1. The van der Waals surface area contributed by atoms with E-state index in [1.54, 1.807) is 4.57 Å². The molecule has 3 aromatic rings. The number of aryl methyl sites for hydroxylation is 1. The first-order valence-electron chi connectivity index (χ1n) is 9.71. The van der Waals surface area contributed by atoms with Crippen molar-refractivity contribution in [3.05, 3.63) is 75.5 Å². The number of hydrogen-bond donors (Lipinski definition) is 1. The average Bonchev–Trinajstić information content (AvgIpc) is 3.17. The molecule has 3 heterocycles. The number of benzene rings is 1. The number of halogens is 1. The molecule has 0 amide bonds. The van der Waals surface area contributed by atoms with E-state index in [1.807, 2.05) is 25.1 Å². The lowest BCUT2D eigenvalue weighted by Crippen LogP contribution is -2.22. The van der Waals surface area contributed by atoms with Crippen LogP contribution in [0.4, 0.5) is 4.39 Å². The van der Waals surface area contributed by atoms with Crippen LogP contribution in [0, 0.1) is 5.82 Å². The van der Waals surface area contributed by atoms with Gasteiger partial charge in [-0.05, 0) is 31.5 Å². The fraction of sp³-hybridized carbons (Fsp3) is 0.318. The van der Waals surface area contributed by atoms with Crippen molar-refractivity contribution in [3.63, 3.8) is 0 Å². The highest BCUT2D eigenvalue weighted by molar-refractivity contribution is 5.91. The zero-order valence-corrected chi connectivity index (χ0v) is 16.1. The van der Waals surface area contributed by atoms with Gasteiger partial charge in [-0.25, -0.2) is 14.2 Å². The van der Waals surface area contributed by atoms with Crippen molar-refractivity contribution < 1.29 is 14.3 Å². The Morgan fingerprint density at radius 2 is 2.07 bits per heavy atom. The normalized spacial score (nSPS) is 17.1. The molecule has 0 bridgehead atoms. The maximum atomic E-state index is 14.9. The first-order valence-corrected chi connectivity index (χ1v) is 9.71. The number of fused-ring (bicyclic) bond motifs is 1. The summed E-state index contributed by atoms with van der Waals surface area (Å²) < 4.78 is 16.5. The van der Waals surface area contributed by atoms with Crippen LogP contribution in [-0.2, 0) is 13.1 Å². The van der Waals surface area contributed by atoms with Crippen LogP contribution >= 0.6 is 0 Å². The quantitative estimate of drug-likeness (QED) is 0.718. The van der Waals surface area contributed by atoms with Gasteiger partial charge in [0.25, 0.3) is 0 Å². The number of aromatic nitrogens is 2. The number of carbonyl (C=O) groups is 1. The molecule has 0 saturated carbocycles. The van der Waals surface area contributed by atoms with Gasteiger partial charge in [-0.2, -0.15) is 0 Å². The predicted octanol–water partition coefficient (Wildman–Crippen LogP) is 3.24. The van der Waals surface area contributed by atoms with Crippen molar-refractivity contribution in [3.8, 4) is 0 Å². The van der Waals surface area contributed by atoms with E-state index in [4.69, 9.17) is 0 Å². The van der Waals surface area contributed by atoms with E-state index in [0.717, 1.165) is 25.6 Å². The molecule has 2 aromatic heterocycles. The molecule has 1 saturated heterocycles. The van der Waals surface area contributed by atoms with Gasteiger partial charge in [-0.15, -0.1) is 0 Å². The number of carboxylic acids is 1. The topological polar surface area (TPSA) is 75.4 Å². The minimum atomic E-state index is -1.32. The van der Waals surface area contributed by atoms with Crippen molar-refractivity contribution >= 4 is 17.0 Å². The third kappa shape index (κ3) is 3.65. The highest BCUT2D eigenvalue weighted by Gasteiger charge is 2.28. The largest absolute Gasteiger partial charge is 0.477 e. The summed E-state index contributed by atoms with van der Waals surface area (Å²) in [6.45, 7) is 4.59. The van der Waals surface area contributed by atoms with Gasteiger partial charge in [0, 0.05) is 31.7 Å². The fourth-order valence-electron chi connectivity index (χ4n) is 4.02. The standard InChI is InChI=1S/C22H22FN3O3/c1-2-26-13-17(22(28)29)20(27)16-10-18(23)19(24-21(16)26)15-8-9-25(12-15)11-14-6-4-3-5-7-14/h3-7,10,13,15H,2,8-9,11-12H2,1H3,(H,28,29). The zero-order chi connectivity index (χ0) is 20.5. The third-order valence-corrected chi connectivity index (χ3v) is 5.51. The van der Waals surface area contributed by atoms with Gasteiger partial charge in [-0.3, -0.25) is 9.69 Å². The van der Waals surface area contributed by atoms with Gasteiger partial charge >= 0.3 is 5.97 Å². The highest BCUT2D eigenvalue weighted by atomic mass is 19.1. The Morgan fingerprint density at radius 3 is 2.76 bits per heavy atom. The van der Waals surface area contributed by atoms with Crippen LogP contribution in [0.3, 0.4) is 0 Å². The lowest BCUT2D eigenvalue weighted by Gasteiger charge is -2.17. The van der Waals surface area contributed by atoms with E-state index >= 15 is 0 Å². The molecule has 6 nitrogen and oxygen atoms in total. The lowest BCUT2D eigenvalue weighted by molar-refractivity contribution is 0.0695. The Kier molecular flexibility index (Phi) is 5.15. The smallest absolute Gasteiger partial charge is 0.341 e. The third-order valence-electron chi connectivity index (χ3n) is 5.51. The number of hydrogen-bond acceptors (Lipinski definition) is 4. The van der Waals surface area contributed by atoms with Gasteiger partial charge in [0.2, 0.25) is 5.43 Å². The Bertz CT molecular complexity index is 1130. The van der Waals surface area contributed by atoms with Crippen LogP contribution in [0.25, 0.3) is 11.0 Å². The molecule has 1 aromatic carbocycles. The number of likely N-dealkylation sites (tertiary alicyclic amines) is 1. The maximum Gasteiger partial charge on any atom is 0.341 e. The minimum absolute atomic E-state index is 0.00661. The van der Waals surface area contributed by atoms with E-state index < -0.39 is 17.2 Å². The summed E-state index contributed by atoms with van der Waals surface area (Å²) >= 11 is 0. The Hall–Kier alpha value is -3.06. The number of rotatable bonds is 5. The van der Waals surface area contributed by atoms with E-state index in [-0.39, 0.29) is 16.9 Å². The highest BCUT2D eigenvalue weighted by Crippen LogP contribution is 2.30. The number of carboxylic acid groups (broad SMARTS) is 1. The van der Waals surface area contributed by atoms with Crippen LogP contribution in [0.5, 0.6) is 0 Å². The summed E-state index contributed by atoms with van der Waals surface area (Å²) in [5.41, 5.74) is 0.815. The van der Waals surface area contributed by atoms with Gasteiger partial charge < -0.3 is 9.67 Å². The van der Waals surface area contributed by atoms with E-state index in [1.165, 1.54) is 11.8 Å². The second-order valence-corrected chi connectivity index (χ2v) is 7.40. The molecule has 0 spiro atoms. The molecule has 1 aliphatic heterocycles. The number of aromatic carboxylic acids is 1. The molecular weight excluding hydrogens is 373 g/mol. The van der Waals surface area contributed by atoms with E-state index in [2.05, 4.69) is 22.0 Å². The molecule has 0 aliphatic carbocycles. The van der Waals surface area contributed by atoms with Crippen LogP contribution in [-0.4, -0.2) is 38.6 Å². The second kappa shape index (κ2) is 7.75. The van der Waals surface area contributed by atoms with Gasteiger partial charge in [-0.1, -0.05) is 30.3 Å². The first-order chi connectivity index (χ1) is 14.0. The Morgan fingerprint density at radius 1 is 1.31 bits per heavy atom. The van der Waals surface area contributed by atoms with Gasteiger partial charge in [0.1, 0.15) is 17.0 Å². The van der Waals surface area contributed by atoms with Crippen molar-refractivity contribution in [1.82, 2.24) is 14.5 Å². The molecule has 1 atom stereocenters. The SMILES string of the molecule is CCn1cc(C(=O)O)c(=O)c2cc(F)c(C3CCN(Cc4ccccc4)C3)nc21. The summed E-state index contributed by atoms with van der Waals surface area (Å²) in [6.07, 6.45) is 2.07. The average molecular weight is 395 g/mol. The van der Waals surface area contributed by atoms with Crippen LogP contribution in [0.1, 0.15) is 40.9 Å². The van der Waals surface area contributed by atoms with Crippen molar-refractivity contribution in [2.45, 2.75) is 32.4 Å². The van der Waals surface area contributed by atoms with Crippen molar-refractivity contribution in [2.24, 2.45) is 0 Å². The molecule has 29 heavy (non-hydrogen) atoms. The van der Waals surface area contributed by atoms with E-state index in [0.29, 0.717) is 24.4 Å². The molecule has 1 unspecified atom stereocenters. The van der Waals surface area contributed by atoms with Crippen LogP contribution in [0.2, 0.25) is 0 Å². The molecule has 0 radical (unpaired) electrons. The number of pyridine rings is 2. The van der Waals surface area contributed by atoms with Gasteiger partial charge in [0.15, 0.2) is 0 Å². The second-order valence-electron chi connectivity index (χ2n) is 7.40. The molecule has 7 heteroatoms. The summed E-state index contributed by atoms with van der Waals surface area (Å²) in [6, 6.07) is 11.3. The minimum Gasteiger partial charge on any atom is -0.477 e. The summed E-state index contributed by atoms with van der Waals surface area (Å²) in [5.74, 6) is -1.94. The van der Waals surface area contributed by atoms with Crippen LogP contribution in [0.15, 0.2) is 47.4 Å². The molecule has 150 valence electrons. The maximum absolute atomic E-state index is 14.9. The summed E-state index contributed by atoms with van der Waals surface area (Å²) in [5, 5.41) is 9.27. The molecule has 1 aliphatic rings. The molecule has 4 rings (SSSR count). The Balaban J connectivity index is 1.68. The molecule has 1 fully saturated rings. The van der Waals surface area contributed by atoms with E-state index in [9.17, 15) is 19.1 Å². The summed E-state index contributed by atoms with van der Waals surface area (Å²) in [7, 11) is 0. The van der Waals surface area contributed by atoms with Crippen LogP contribution < -0.4 is 5.43 Å². The number of nitrogens with zero attached hydrogens (tertiary/aromatic N) is 3. The monoisotopic (exact) mass is 395 g/mol. The summed E-state index contributed by atoms with van der Waals surface area (Å²) in [4.78, 5) is 30.6. The van der Waals surface area contributed by atoms with Crippen molar-refractivity contribution in [1.29, 1.82) is 0 Å². The predicted molar refractivity (Wildman–Crippen MR) is 108 cm³/mol. The molecular formula is C22H22FN3O3. The fourth-order valence-corrected chi connectivity index (χ4v) is 4.02. The van der Waals surface area contributed by atoms with Gasteiger partial charge in [0.05, 0.1) is 11.1 Å². The molecule has 1 N–H and O–H groups in total.